The fraction of sp³-hybridized carbons (Fsp3) is 0.421. The molecule has 2 N–H and O–H groups in total. The number of benzene rings is 1. The quantitative estimate of drug-likeness (QED) is 0.790. The van der Waals surface area contributed by atoms with Crippen molar-refractivity contribution in [2.24, 2.45) is 0 Å². The van der Waals surface area contributed by atoms with Gasteiger partial charge in [0, 0.05) is 58.0 Å². The van der Waals surface area contributed by atoms with E-state index in [9.17, 15) is 14.0 Å². The van der Waals surface area contributed by atoms with E-state index in [2.05, 4.69) is 20.2 Å². The summed E-state index contributed by atoms with van der Waals surface area (Å²) in [6.45, 7) is 4.63. The molecule has 0 radical (unpaired) electrons. The van der Waals surface area contributed by atoms with E-state index in [1.54, 1.807) is 23.5 Å². The maximum absolute atomic E-state index is 13.3. The number of H-pyrrole nitrogens is 1. The van der Waals surface area contributed by atoms with E-state index < -0.39 is 6.04 Å². The van der Waals surface area contributed by atoms with Crippen LogP contribution >= 0.6 is 0 Å². The molecule has 1 fully saturated rings. The second-order valence-corrected chi connectivity index (χ2v) is 6.77. The average Bonchev–Trinajstić information content (AvgIpc) is 3.14. The summed E-state index contributed by atoms with van der Waals surface area (Å²) >= 11 is 0. The van der Waals surface area contributed by atoms with E-state index in [4.69, 9.17) is 0 Å². The van der Waals surface area contributed by atoms with E-state index in [1.807, 2.05) is 6.07 Å². The number of nitrogens with zero attached hydrogens (tertiary/aromatic N) is 3. The Hall–Kier alpha value is -2.74. The van der Waals surface area contributed by atoms with Crippen molar-refractivity contribution in [3.05, 3.63) is 53.9 Å². The van der Waals surface area contributed by atoms with Gasteiger partial charge in [-0.15, -0.1) is 0 Å². The molecule has 0 saturated carbocycles. The summed E-state index contributed by atoms with van der Waals surface area (Å²) < 4.78 is 13.3. The highest BCUT2D eigenvalue weighted by Crippen LogP contribution is 2.12. The first-order chi connectivity index (χ1) is 13.0. The minimum atomic E-state index is -0.613. The van der Waals surface area contributed by atoms with Gasteiger partial charge in [-0.1, -0.05) is 12.1 Å². The van der Waals surface area contributed by atoms with Crippen LogP contribution in [0.15, 0.2) is 36.8 Å². The number of nitrogens with one attached hydrogen (secondary N) is 2. The largest absolute Gasteiger partial charge is 0.348 e. The van der Waals surface area contributed by atoms with Crippen molar-refractivity contribution in [1.82, 2.24) is 25.1 Å². The molecular weight excluding hydrogens is 349 g/mol. The number of amides is 2. The number of rotatable bonds is 6. The lowest BCUT2D eigenvalue weighted by atomic mass is 10.1. The highest BCUT2D eigenvalue weighted by Gasteiger charge is 2.28. The van der Waals surface area contributed by atoms with Gasteiger partial charge in [-0.2, -0.15) is 0 Å². The van der Waals surface area contributed by atoms with Crippen LogP contribution in [0.3, 0.4) is 0 Å². The first-order valence-corrected chi connectivity index (χ1v) is 9.01. The van der Waals surface area contributed by atoms with Gasteiger partial charge < -0.3 is 15.2 Å². The van der Waals surface area contributed by atoms with Crippen LogP contribution in [0.4, 0.5) is 4.39 Å². The molecule has 0 bridgehead atoms. The third-order valence-corrected chi connectivity index (χ3v) is 4.63. The van der Waals surface area contributed by atoms with E-state index in [0.717, 1.165) is 11.3 Å². The van der Waals surface area contributed by atoms with E-state index in [1.165, 1.54) is 19.1 Å². The zero-order chi connectivity index (χ0) is 19.2. The van der Waals surface area contributed by atoms with Gasteiger partial charge in [-0.05, 0) is 17.7 Å². The highest BCUT2D eigenvalue weighted by molar-refractivity contribution is 5.87. The lowest BCUT2D eigenvalue weighted by Gasteiger charge is -2.36. The Balaban J connectivity index is 1.56. The Bertz CT molecular complexity index is 772. The number of aromatic amines is 1. The summed E-state index contributed by atoms with van der Waals surface area (Å²) in [5.74, 6) is -0.568. The van der Waals surface area contributed by atoms with Gasteiger partial charge >= 0.3 is 0 Å². The average molecular weight is 373 g/mol. The maximum atomic E-state index is 13.3. The van der Waals surface area contributed by atoms with Gasteiger partial charge in [-0.25, -0.2) is 9.37 Å². The number of carbonyl (C=O) groups is 2. The minimum Gasteiger partial charge on any atom is -0.348 e. The summed E-state index contributed by atoms with van der Waals surface area (Å²) in [5.41, 5.74) is 1.72. The van der Waals surface area contributed by atoms with Crippen molar-refractivity contribution in [2.75, 3.05) is 26.2 Å². The number of piperazine rings is 1. The van der Waals surface area contributed by atoms with Crippen molar-refractivity contribution in [2.45, 2.75) is 25.9 Å². The number of carbonyl (C=O) groups excluding carboxylic acids is 2. The lowest BCUT2D eigenvalue weighted by Crippen LogP contribution is -2.55. The van der Waals surface area contributed by atoms with Gasteiger partial charge in [0.25, 0.3) is 0 Å². The van der Waals surface area contributed by atoms with E-state index >= 15 is 0 Å². The Morgan fingerprint density at radius 3 is 2.70 bits per heavy atom. The van der Waals surface area contributed by atoms with Gasteiger partial charge in [0.1, 0.15) is 11.9 Å². The van der Waals surface area contributed by atoms with Crippen LogP contribution in [0.2, 0.25) is 0 Å². The molecule has 3 rings (SSSR count). The molecule has 1 aliphatic rings. The monoisotopic (exact) mass is 373 g/mol. The van der Waals surface area contributed by atoms with Crippen LogP contribution in [-0.2, 0) is 22.6 Å². The lowest BCUT2D eigenvalue weighted by molar-refractivity contribution is -0.137. The number of aromatic nitrogens is 2. The summed E-state index contributed by atoms with van der Waals surface area (Å²) in [4.78, 5) is 35.3. The Morgan fingerprint density at radius 2 is 2.07 bits per heavy atom. The van der Waals surface area contributed by atoms with Crippen LogP contribution in [-0.4, -0.2) is 63.8 Å². The molecule has 0 spiro atoms. The Morgan fingerprint density at radius 1 is 1.30 bits per heavy atom. The molecule has 27 heavy (non-hydrogen) atoms. The molecule has 2 aromatic rings. The molecule has 7 nitrogen and oxygen atoms in total. The number of imidazole rings is 1. The smallest absolute Gasteiger partial charge is 0.245 e. The molecule has 144 valence electrons. The van der Waals surface area contributed by atoms with Crippen LogP contribution in [0.5, 0.6) is 0 Å². The van der Waals surface area contributed by atoms with E-state index in [-0.39, 0.29) is 17.6 Å². The molecule has 1 saturated heterocycles. The van der Waals surface area contributed by atoms with Crippen LogP contribution < -0.4 is 5.32 Å². The molecule has 1 aromatic carbocycles. The second kappa shape index (κ2) is 8.77. The molecule has 0 aliphatic carbocycles. The molecule has 1 aliphatic heterocycles. The molecule has 1 aromatic heterocycles. The van der Waals surface area contributed by atoms with Crippen molar-refractivity contribution in [1.29, 1.82) is 0 Å². The van der Waals surface area contributed by atoms with Crippen molar-refractivity contribution < 1.29 is 14.0 Å². The molecule has 8 heteroatoms. The van der Waals surface area contributed by atoms with Crippen LogP contribution in [0, 0.1) is 5.82 Å². The molecule has 2 amide bonds. The van der Waals surface area contributed by atoms with Crippen LogP contribution in [0.25, 0.3) is 0 Å². The number of hydrogen-bond donors (Lipinski definition) is 2. The highest BCUT2D eigenvalue weighted by atomic mass is 19.1. The zero-order valence-corrected chi connectivity index (χ0v) is 15.3. The summed E-state index contributed by atoms with van der Waals surface area (Å²) in [6.07, 6.45) is 3.58. The standard InChI is InChI=1S/C19H24FN5O2/c1-14(26)23-18(10-17-11-21-13-22-17)19(27)25-7-5-24(6-8-25)12-15-3-2-4-16(20)9-15/h2-4,9,11,13,18H,5-8,10,12H2,1H3,(H,21,22)(H,23,26)/t18-/m0/s1. The fourth-order valence-electron chi connectivity index (χ4n) is 3.30. The molecule has 2 heterocycles. The predicted octanol–water partition coefficient (Wildman–Crippen LogP) is 0.940. The molecular formula is C19H24FN5O2. The zero-order valence-electron chi connectivity index (χ0n) is 15.3. The molecule has 0 unspecified atom stereocenters. The van der Waals surface area contributed by atoms with Crippen molar-refractivity contribution in [3.8, 4) is 0 Å². The number of halogens is 1. The predicted molar refractivity (Wildman–Crippen MR) is 98.2 cm³/mol. The number of hydrogen-bond acceptors (Lipinski definition) is 4. The topological polar surface area (TPSA) is 81.3 Å². The van der Waals surface area contributed by atoms with Crippen molar-refractivity contribution in [3.63, 3.8) is 0 Å². The van der Waals surface area contributed by atoms with E-state index in [0.29, 0.717) is 39.1 Å². The summed E-state index contributed by atoms with van der Waals surface area (Å²) in [7, 11) is 0. The summed E-state index contributed by atoms with van der Waals surface area (Å²) in [5, 5.41) is 2.74. The van der Waals surface area contributed by atoms with Gasteiger partial charge in [0.2, 0.25) is 11.8 Å². The van der Waals surface area contributed by atoms with Gasteiger partial charge in [0.05, 0.1) is 6.33 Å². The van der Waals surface area contributed by atoms with Gasteiger partial charge in [-0.3, -0.25) is 14.5 Å². The Kier molecular flexibility index (Phi) is 6.18. The molecule has 1 atom stereocenters. The second-order valence-electron chi connectivity index (χ2n) is 6.77. The van der Waals surface area contributed by atoms with Crippen molar-refractivity contribution >= 4 is 11.8 Å². The SMILES string of the molecule is CC(=O)N[C@@H](Cc1cnc[nH]1)C(=O)N1CCN(Cc2cccc(F)c2)CC1. The minimum absolute atomic E-state index is 0.0924. The Labute approximate surface area is 157 Å². The van der Waals surface area contributed by atoms with Gasteiger partial charge in [0.15, 0.2) is 0 Å². The first kappa shape index (κ1) is 19.0. The third kappa shape index (κ3) is 5.37. The van der Waals surface area contributed by atoms with Crippen LogP contribution in [0.1, 0.15) is 18.2 Å². The first-order valence-electron chi connectivity index (χ1n) is 9.01. The summed E-state index contributed by atoms with van der Waals surface area (Å²) in [6, 6.07) is 5.96. The maximum Gasteiger partial charge on any atom is 0.245 e. The fourth-order valence-corrected chi connectivity index (χ4v) is 3.30. The third-order valence-electron chi connectivity index (χ3n) is 4.63. The normalized spacial score (nSPS) is 16.1.